The molecule has 1 aliphatic carbocycles. The summed E-state index contributed by atoms with van der Waals surface area (Å²) in [4.78, 5) is 23.6. The van der Waals surface area contributed by atoms with E-state index in [4.69, 9.17) is 4.74 Å². The minimum Gasteiger partial charge on any atom is -0.455 e. The van der Waals surface area contributed by atoms with Gasteiger partial charge in [0.05, 0.1) is 11.6 Å². The summed E-state index contributed by atoms with van der Waals surface area (Å²) >= 11 is 3.34. The van der Waals surface area contributed by atoms with Crippen LogP contribution in [-0.4, -0.2) is 18.5 Å². The van der Waals surface area contributed by atoms with Crippen LogP contribution >= 0.6 is 15.9 Å². The maximum atomic E-state index is 11.8. The smallest absolute Gasteiger partial charge is 0.309 e. The summed E-state index contributed by atoms with van der Waals surface area (Å²) < 4.78 is 5.89. The van der Waals surface area contributed by atoms with Gasteiger partial charge in [-0.15, -0.1) is 0 Å². The number of rotatable bonds is 4. The number of ether oxygens (including phenoxy) is 1. The first-order valence-electron chi connectivity index (χ1n) is 6.88. The third-order valence-corrected chi connectivity index (χ3v) is 4.12. The quantitative estimate of drug-likeness (QED) is 0.854. The fourth-order valence-electron chi connectivity index (χ4n) is 2.34. The molecular formula is C15H18BrNO3. The maximum Gasteiger partial charge on any atom is 0.309 e. The number of carbonyl (C=O) groups excluding carboxylic acids is 2. The van der Waals surface area contributed by atoms with Gasteiger partial charge in [-0.3, -0.25) is 9.59 Å². The topological polar surface area (TPSA) is 55.4 Å². The van der Waals surface area contributed by atoms with Crippen molar-refractivity contribution in [3.8, 4) is 0 Å². The second-order valence-corrected chi connectivity index (χ2v) is 5.83. The Morgan fingerprint density at radius 1 is 1.20 bits per heavy atom. The van der Waals surface area contributed by atoms with Crippen LogP contribution in [0.1, 0.15) is 32.1 Å². The number of nitrogens with one attached hydrogen (secondary N) is 1. The van der Waals surface area contributed by atoms with Gasteiger partial charge in [-0.1, -0.05) is 31.4 Å². The SMILES string of the molecule is O=C(COC(=O)C1CCCCC1)Nc1ccccc1Br. The van der Waals surface area contributed by atoms with Crippen LogP contribution < -0.4 is 5.32 Å². The number of anilines is 1. The first-order valence-corrected chi connectivity index (χ1v) is 7.67. The highest BCUT2D eigenvalue weighted by Gasteiger charge is 2.23. The van der Waals surface area contributed by atoms with E-state index in [1.54, 1.807) is 6.07 Å². The van der Waals surface area contributed by atoms with Crippen LogP contribution in [-0.2, 0) is 14.3 Å². The molecule has 1 aromatic carbocycles. The Labute approximate surface area is 127 Å². The summed E-state index contributed by atoms with van der Waals surface area (Å²) in [6.45, 7) is -0.226. The number of para-hydroxylation sites is 1. The molecule has 1 N–H and O–H groups in total. The molecule has 2 rings (SSSR count). The van der Waals surface area contributed by atoms with Gasteiger partial charge in [-0.05, 0) is 40.9 Å². The van der Waals surface area contributed by atoms with Gasteiger partial charge in [0.2, 0.25) is 0 Å². The second kappa shape index (κ2) is 7.43. The lowest BCUT2D eigenvalue weighted by atomic mass is 9.89. The molecule has 1 aliphatic rings. The van der Waals surface area contributed by atoms with Crippen LogP contribution in [0.3, 0.4) is 0 Å². The molecule has 1 aromatic rings. The standard InChI is InChI=1S/C15H18BrNO3/c16-12-8-4-5-9-13(12)17-14(18)10-20-15(19)11-6-2-1-3-7-11/h4-5,8-9,11H,1-3,6-7,10H2,(H,17,18). The van der Waals surface area contributed by atoms with Gasteiger partial charge in [0, 0.05) is 4.47 Å². The molecular weight excluding hydrogens is 322 g/mol. The predicted molar refractivity (Wildman–Crippen MR) is 80.3 cm³/mol. The molecule has 0 aliphatic heterocycles. The van der Waals surface area contributed by atoms with Crippen molar-refractivity contribution in [2.45, 2.75) is 32.1 Å². The molecule has 0 aromatic heterocycles. The molecule has 1 fully saturated rings. The van der Waals surface area contributed by atoms with Crippen LogP contribution in [0.2, 0.25) is 0 Å². The zero-order chi connectivity index (χ0) is 14.4. The van der Waals surface area contributed by atoms with Crippen LogP contribution in [0, 0.1) is 5.92 Å². The monoisotopic (exact) mass is 339 g/mol. The Morgan fingerprint density at radius 3 is 2.60 bits per heavy atom. The number of benzene rings is 1. The second-order valence-electron chi connectivity index (χ2n) is 4.97. The number of halogens is 1. The highest BCUT2D eigenvalue weighted by molar-refractivity contribution is 9.10. The lowest BCUT2D eigenvalue weighted by Crippen LogP contribution is -2.26. The minimum atomic E-state index is -0.318. The molecule has 5 heteroatoms. The number of hydrogen-bond acceptors (Lipinski definition) is 3. The molecule has 108 valence electrons. The molecule has 0 heterocycles. The lowest BCUT2D eigenvalue weighted by molar-refractivity contribution is -0.152. The normalized spacial score (nSPS) is 15.7. The largest absolute Gasteiger partial charge is 0.455 e. The molecule has 0 saturated heterocycles. The Bertz CT molecular complexity index is 484. The van der Waals surface area contributed by atoms with Crippen molar-refractivity contribution >= 4 is 33.5 Å². The van der Waals surface area contributed by atoms with E-state index in [0.717, 1.165) is 30.2 Å². The van der Waals surface area contributed by atoms with E-state index >= 15 is 0 Å². The summed E-state index contributed by atoms with van der Waals surface area (Å²) in [6.07, 6.45) is 5.09. The van der Waals surface area contributed by atoms with E-state index in [1.165, 1.54) is 6.42 Å². The molecule has 0 atom stereocenters. The first-order chi connectivity index (χ1) is 9.66. The number of amides is 1. The maximum absolute atomic E-state index is 11.8. The van der Waals surface area contributed by atoms with E-state index in [2.05, 4.69) is 21.2 Å². The number of carbonyl (C=O) groups is 2. The van der Waals surface area contributed by atoms with Gasteiger partial charge in [-0.25, -0.2) is 0 Å². The van der Waals surface area contributed by atoms with Gasteiger partial charge >= 0.3 is 5.97 Å². The van der Waals surface area contributed by atoms with Crippen molar-refractivity contribution in [2.75, 3.05) is 11.9 Å². The highest BCUT2D eigenvalue weighted by atomic mass is 79.9. The van der Waals surface area contributed by atoms with Gasteiger partial charge in [-0.2, -0.15) is 0 Å². The van der Waals surface area contributed by atoms with Crippen molar-refractivity contribution in [3.05, 3.63) is 28.7 Å². The van der Waals surface area contributed by atoms with E-state index in [1.807, 2.05) is 18.2 Å². The van der Waals surface area contributed by atoms with E-state index in [-0.39, 0.29) is 24.4 Å². The zero-order valence-electron chi connectivity index (χ0n) is 11.2. The van der Waals surface area contributed by atoms with Gasteiger partial charge in [0.1, 0.15) is 0 Å². The summed E-state index contributed by atoms with van der Waals surface area (Å²) in [5, 5.41) is 2.71. The Hall–Kier alpha value is -1.36. The molecule has 0 unspecified atom stereocenters. The molecule has 0 bridgehead atoms. The van der Waals surface area contributed by atoms with Crippen molar-refractivity contribution in [1.29, 1.82) is 0 Å². The van der Waals surface area contributed by atoms with Crippen molar-refractivity contribution in [1.82, 2.24) is 0 Å². The Balaban J connectivity index is 1.77. The van der Waals surface area contributed by atoms with Crippen LogP contribution in [0.5, 0.6) is 0 Å². The molecule has 4 nitrogen and oxygen atoms in total. The minimum absolute atomic E-state index is 0.0278. The van der Waals surface area contributed by atoms with Crippen molar-refractivity contribution < 1.29 is 14.3 Å². The van der Waals surface area contributed by atoms with E-state index < -0.39 is 0 Å². The fourth-order valence-corrected chi connectivity index (χ4v) is 2.73. The Kier molecular flexibility index (Phi) is 5.59. The molecule has 0 spiro atoms. The van der Waals surface area contributed by atoms with Crippen molar-refractivity contribution in [3.63, 3.8) is 0 Å². The van der Waals surface area contributed by atoms with Gasteiger partial charge < -0.3 is 10.1 Å². The van der Waals surface area contributed by atoms with Crippen LogP contribution in [0.25, 0.3) is 0 Å². The number of esters is 1. The summed E-state index contributed by atoms with van der Waals surface area (Å²) in [6, 6.07) is 7.31. The summed E-state index contributed by atoms with van der Waals surface area (Å²) in [5.74, 6) is -0.590. The fraction of sp³-hybridized carbons (Fsp3) is 0.467. The zero-order valence-corrected chi connectivity index (χ0v) is 12.8. The molecule has 1 amide bonds. The van der Waals surface area contributed by atoms with Gasteiger partial charge in [0.25, 0.3) is 5.91 Å². The van der Waals surface area contributed by atoms with E-state index in [9.17, 15) is 9.59 Å². The Morgan fingerprint density at radius 2 is 1.90 bits per heavy atom. The summed E-state index contributed by atoms with van der Waals surface area (Å²) in [5.41, 5.74) is 0.672. The third-order valence-electron chi connectivity index (χ3n) is 3.43. The average Bonchev–Trinajstić information content (AvgIpc) is 2.48. The molecule has 20 heavy (non-hydrogen) atoms. The predicted octanol–water partition coefficient (Wildman–Crippen LogP) is 3.51. The van der Waals surface area contributed by atoms with E-state index in [0.29, 0.717) is 5.69 Å². The number of hydrogen-bond donors (Lipinski definition) is 1. The first kappa shape index (κ1) is 15.0. The van der Waals surface area contributed by atoms with Crippen LogP contribution in [0.15, 0.2) is 28.7 Å². The highest BCUT2D eigenvalue weighted by Crippen LogP contribution is 2.24. The van der Waals surface area contributed by atoms with Gasteiger partial charge in [0.15, 0.2) is 6.61 Å². The molecule has 1 saturated carbocycles. The third kappa shape index (κ3) is 4.34. The van der Waals surface area contributed by atoms with Crippen molar-refractivity contribution in [2.24, 2.45) is 5.92 Å². The van der Waals surface area contributed by atoms with Crippen LogP contribution in [0.4, 0.5) is 5.69 Å². The lowest BCUT2D eigenvalue weighted by Gasteiger charge is -2.19. The summed E-state index contributed by atoms with van der Waals surface area (Å²) in [7, 11) is 0. The average molecular weight is 340 g/mol. The molecule has 0 radical (unpaired) electrons.